The molecule has 140 valence electrons. The number of hydrogen-bond acceptors (Lipinski definition) is 4. The lowest BCUT2D eigenvalue weighted by Crippen LogP contribution is -2.12. The Labute approximate surface area is 163 Å². The maximum absolute atomic E-state index is 11.3. The van der Waals surface area contributed by atoms with Gasteiger partial charge in [0.15, 0.2) is 11.5 Å². The van der Waals surface area contributed by atoms with Crippen molar-refractivity contribution in [1.29, 1.82) is 5.26 Å². The summed E-state index contributed by atoms with van der Waals surface area (Å²) in [6, 6.07) is 21.3. The molecule has 3 rings (SSSR count). The van der Waals surface area contributed by atoms with Gasteiger partial charge in [-0.25, -0.2) is 0 Å². The predicted octanol–water partition coefficient (Wildman–Crippen LogP) is 4.21. The first-order valence-corrected chi connectivity index (χ1v) is 8.90. The Morgan fingerprint density at radius 3 is 2.61 bits per heavy atom. The van der Waals surface area contributed by atoms with Crippen LogP contribution in [0.5, 0.6) is 11.5 Å². The molecule has 0 saturated carbocycles. The Balaban J connectivity index is 1.87. The largest absolute Gasteiger partial charge is 0.490 e. The van der Waals surface area contributed by atoms with E-state index in [2.05, 4.69) is 18.2 Å². The van der Waals surface area contributed by atoms with Crippen LogP contribution in [-0.2, 0) is 11.4 Å². The minimum Gasteiger partial charge on any atom is -0.490 e. The van der Waals surface area contributed by atoms with Gasteiger partial charge in [0.2, 0.25) is 0 Å². The van der Waals surface area contributed by atoms with Crippen molar-refractivity contribution in [2.24, 2.45) is 5.73 Å². The highest BCUT2D eigenvalue weighted by molar-refractivity contribution is 6.00. The van der Waals surface area contributed by atoms with Crippen molar-refractivity contribution in [3.05, 3.63) is 77.4 Å². The number of nitrogens with zero attached hydrogens (tertiary/aromatic N) is 1. The number of amides is 1. The van der Waals surface area contributed by atoms with Crippen LogP contribution in [0.25, 0.3) is 16.8 Å². The number of hydrogen-bond donors (Lipinski definition) is 1. The fourth-order valence-corrected chi connectivity index (χ4v) is 2.90. The average Bonchev–Trinajstić information content (AvgIpc) is 2.71. The van der Waals surface area contributed by atoms with Gasteiger partial charge in [0.05, 0.1) is 6.61 Å². The summed E-state index contributed by atoms with van der Waals surface area (Å²) < 4.78 is 11.7. The SMILES string of the molecule is CCOc1cc(/C=C(\C#N)C(N)=O)ccc1OCc1cccc2ccccc12. The van der Waals surface area contributed by atoms with E-state index in [0.717, 1.165) is 16.3 Å². The molecule has 0 atom stereocenters. The van der Waals surface area contributed by atoms with Crippen LogP contribution in [0.2, 0.25) is 0 Å². The van der Waals surface area contributed by atoms with Gasteiger partial charge in [-0.1, -0.05) is 48.5 Å². The quantitative estimate of drug-likeness (QED) is 0.497. The first kappa shape index (κ1) is 19.0. The number of carbonyl (C=O) groups is 1. The first-order valence-electron chi connectivity index (χ1n) is 8.90. The number of benzene rings is 3. The molecule has 5 heteroatoms. The lowest BCUT2D eigenvalue weighted by atomic mass is 10.1. The van der Waals surface area contributed by atoms with Crippen LogP contribution >= 0.6 is 0 Å². The summed E-state index contributed by atoms with van der Waals surface area (Å²) in [5.74, 6) is 0.361. The topological polar surface area (TPSA) is 85.3 Å². The van der Waals surface area contributed by atoms with E-state index >= 15 is 0 Å². The third-order valence-electron chi connectivity index (χ3n) is 4.23. The molecule has 0 fully saturated rings. The molecule has 3 aromatic carbocycles. The first-order chi connectivity index (χ1) is 13.6. The van der Waals surface area contributed by atoms with Crippen LogP contribution in [0.3, 0.4) is 0 Å². The number of rotatable bonds is 7. The molecule has 0 bridgehead atoms. The van der Waals surface area contributed by atoms with Gasteiger partial charge >= 0.3 is 0 Å². The molecular weight excluding hydrogens is 352 g/mol. The highest BCUT2D eigenvalue weighted by Gasteiger charge is 2.10. The Morgan fingerprint density at radius 1 is 1.07 bits per heavy atom. The summed E-state index contributed by atoms with van der Waals surface area (Å²) in [4.78, 5) is 11.3. The molecule has 2 N–H and O–H groups in total. The molecule has 0 spiro atoms. The number of carbonyl (C=O) groups excluding carboxylic acids is 1. The van der Waals surface area contributed by atoms with Crippen LogP contribution in [0.1, 0.15) is 18.1 Å². The van der Waals surface area contributed by atoms with Crippen molar-refractivity contribution in [3.8, 4) is 17.6 Å². The van der Waals surface area contributed by atoms with Gasteiger partial charge in [-0.2, -0.15) is 5.26 Å². The predicted molar refractivity (Wildman–Crippen MR) is 109 cm³/mol. The summed E-state index contributed by atoms with van der Waals surface area (Å²) in [6.45, 7) is 2.72. The molecule has 0 aliphatic heterocycles. The molecule has 0 unspecified atom stereocenters. The van der Waals surface area contributed by atoms with Crippen LogP contribution in [-0.4, -0.2) is 12.5 Å². The number of primary amides is 1. The molecule has 0 aliphatic carbocycles. The zero-order chi connectivity index (χ0) is 19.9. The van der Waals surface area contributed by atoms with Crippen LogP contribution in [0.15, 0.2) is 66.2 Å². The summed E-state index contributed by atoms with van der Waals surface area (Å²) in [5, 5.41) is 11.3. The van der Waals surface area contributed by atoms with Gasteiger partial charge < -0.3 is 15.2 Å². The fourth-order valence-electron chi connectivity index (χ4n) is 2.90. The second-order valence-corrected chi connectivity index (χ2v) is 6.10. The van der Waals surface area contributed by atoms with E-state index in [4.69, 9.17) is 20.5 Å². The summed E-state index contributed by atoms with van der Waals surface area (Å²) in [7, 11) is 0. The van der Waals surface area contributed by atoms with Crippen LogP contribution in [0, 0.1) is 11.3 Å². The number of fused-ring (bicyclic) bond motifs is 1. The van der Waals surface area contributed by atoms with Gasteiger partial charge in [-0.15, -0.1) is 0 Å². The van der Waals surface area contributed by atoms with Gasteiger partial charge in [-0.3, -0.25) is 4.79 Å². The van der Waals surface area contributed by atoms with Crippen molar-refractivity contribution < 1.29 is 14.3 Å². The Bertz CT molecular complexity index is 1080. The molecule has 0 radical (unpaired) electrons. The van der Waals surface area contributed by atoms with E-state index in [-0.39, 0.29) is 5.57 Å². The van der Waals surface area contributed by atoms with Crippen molar-refractivity contribution in [2.75, 3.05) is 6.61 Å². The molecule has 5 nitrogen and oxygen atoms in total. The fraction of sp³-hybridized carbons (Fsp3) is 0.130. The van der Waals surface area contributed by atoms with Crippen molar-refractivity contribution >= 4 is 22.8 Å². The standard InChI is InChI=1S/C23H20N2O3/c1-2-27-22-13-16(12-19(14-24)23(25)26)10-11-21(22)28-15-18-8-5-7-17-6-3-4-9-20(17)18/h3-13H,2,15H2,1H3,(H2,25,26)/b19-12+. The Hall–Kier alpha value is -3.78. The number of nitriles is 1. The second kappa shape index (κ2) is 8.74. The van der Waals surface area contributed by atoms with Crippen molar-refractivity contribution in [2.45, 2.75) is 13.5 Å². The maximum atomic E-state index is 11.3. The van der Waals surface area contributed by atoms with Gasteiger partial charge in [0, 0.05) is 0 Å². The zero-order valence-electron chi connectivity index (χ0n) is 15.5. The normalized spacial score (nSPS) is 11.1. The second-order valence-electron chi connectivity index (χ2n) is 6.10. The minimum atomic E-state index is -0.767. The number of nitrogens with two attached hydrogens (primary N) is 1. The lowest BCUT2D eigenvalue weighted by Gasteiger charge is -2.14. The molecule has 0 aromatic heterocycles. The monoisotopic (exact) mass is 372 g/mol. The van der Waals surface area contributed by atoms with Crippen molar-refractivity contribution in [1.82, 2.24) is 0 Å². The smallest absolute Gasteiger partial charge is 0.259 e. The third kappa shape index (κ3) is 4.30. The van der Waals surface area contributed by atoms with Gasteiger partial charge in [0.25, 0.3) is 5.91 Å². The van der Waals surface area contributed by atoms with Crippen LogP contribution in [0.4, 0.5) is 0 Å². The highest BCUT2D eigenvalue weighted by atomic mass is 16.5. The Kier molecular flexibility index (Phi) is 5.93. The average molecular weight is 372 g/mol. The van der Waals surface area contributed by atoms with E-state index in [1.54, 1.807) is 24.3 Å². The third-order valence-corrected chi connectivity index (χ3v) is 4.23. The van der Waals surface area contributed by atoms with Gasteiger partial charge in [0.1, 0.15) is 18.2 Å². The highest BCUT2D eigenvalue weighted by Crippen LogP contribution is 2.31. The van der Waals surface area contributed by atoms with E-state index in [0.29, 0.717) is 30.3 Å². The molecular formula is C23H20N2O3. The number of ether oxygens (including phenoxy) is 2. The van der Waals surface area contributed by atoms with Crippen molar-refractivity contribution in [3.63, 3.8) is 0 Å². The molecule has 0 heterocycles. The maximum Gasteiger partial charge on any atom is 0.259 e. The minimum absolute atomic E-state index is 0.119. The van der Waals surface area contributed by atoms with E-state index < -0.39 is 5.91 Å². The summed E-state index contributed by atoms with van der Waals surface area (Å²) in [6.07, 6.45) is 1.43. The van der Waals surface area contributed by atoms with Gasteiger partial charge in [-0.05, 0) is 47.0 Å². The zero-order valence-corrected chi connectivity index (χ0v) is 15.5. The summed E-state index contributed by atoms with van der Waals surface area (Å²) in [5.41, 5.74) is 6.78. The molecule has 1 amide bonds. The molecule has 3 aromatic rings. The lowest BCUT2D eigenvalue weighted by molar-refractivity contribution is -0.114. The van der Waals surface area contributed by atoms with E-state index in [1.165, 1.54) is 6.08 Å². The van der Waals surface area contributed by atoms with E-state index in [1.807, 2.05) is 31.2 Å². The van der Waals surface area contributed by atoms with E-state index in [9.17, 15) is 4.79 Å². The summed E-state index contributed by atoms with van der Waals surface area (Å²) >= 11 is 0. The molecule has 28 heavy (non-hydrogen) atoms. The Morgan fingerprint density at radius 2 is 1.86 bits per heavy atom. The molecule has 0 saturated heterocycles. The molecule has 0 aliphatic rings. The van der Waals surface area contributed by atoms with Crippen LogP contribution < -0.4 is 15.2 Å².